The summed E-state index contributed by atoms with van der Waals surface area (Å²) in [6.07, 6.45) is 9.96. The van der Waals surface area contributed by atoms with Gasteiger partial charge in [-0.15, -0.1) is 12.4 Å². The summed E-state index contributed by atoms with van der Waals surface area (Å²) in [4.78, 5) is 2.74. The number of anilines is 1. The van der Waals surface area contributed by atoms with E-state index >= 15 is 0 Å². The van der Waals surface area contributed by atoms with Crippen LogP contribution in [-0.4, -0.2) is 17.5 Å². The Morgan fingerprint density at radius 3 is 2.45 bits per heavy atom. The van der Waals surface area contributed by atoms with Crippen LogP contribution in [0.3, 0.4) is 0 Å². The van der Waals surface area contributed by atoms with Gasteiger partial charge < -0.3 is 5.73 Å². The first-order chi connectivity index (χ1) is 9.31. The van der Waals surface area contributed by atoms with E-state index in [2.05, 4.69) is 23.1 Å². The summed E-state index contributed by atoms with van der Waals surface area (Å²) in [6.45, 7) is 2.39. The topological polar surface area (TPSA) is 29.3 Å². The second-order valence-corrected chi connectivity index (χ2v) is 6.41. The third kappa shape index (κ3) is 4.39. The molecule has 2 aliphatic carbocycles. The maximum Gasteiger partial charge on any atom is 0.0317 e. The Hall–Kier alpha value is -0.730. The van der Waals surface area contributed by atoms with Gasteiger partial charge in [-0.25, -0.2) is 0 Å². The quantitative estimate of drug-likeness (QED) is 0.823. The molecule has 0 spiro atoms. The maximum absolute atomic E-state index is 5.91. The lowest BCUT2D eigenvalue weighted by Crippen LogP contribution is -2.37. The smallest absolute Gasteiger partial charge is 0.0317 e. The van der Waals surface area contributed by atoms with E-state index in [1.54, 1.807) is 0 Å². The average Bonchev–Trinajstić information content (AvgIpc) is 3.23. The summed E-state index contributed by atoms with van der Waals surface area (Å²) in [5.74, 6) is 0.975. The first kappa shape index (κ1) is 15.7. The molecule has 2 N–H and O–H groups in total. The van der Waals surface area contributed by atoms with Gasteiger partial charge in [-0.3, -0.25) is 4.90 Å². The fourth-order valence-electron chi connectivity index (χ4n) is 3.35. The molecule has 0 bridgehead atoms. The van der Waals surface area contributed by atoms with E-state index in [0.717, 1.165) is 24.2 Å². The van der Waals surface area contributed by atoms with E-state index in [1.165, 1.54) is 57.1 Å². The van der Waals surface area contributed by atoms with Crippen molar-refractivity contribution in [1.29, 1.82) is 0 Å². The normalized spacial score (nSPS) is 19.9. The highest BCUT2D eigenvalue weighted by Gasteiger charge is 2.28. The molecule has 2 nitrogen and oxygen atoms in total. The number of nitrogen functional groups attached to an aromatic ring is 1. The fraction of sp³-hybridized carbons (Fsp3) is 0.647. The molecule has 0 unspecified atom stereocenters. The minimum absolute atomic E-state index is 0. The Morgan fingerprint density at radius 2 is 1.80 bits per heavy atom. The average molecular weight is 295 g/mol. The van der Waals surface area contributed by atoms with Gasteiger partial charge in [0, 0.05) is 24.8 Å². The molecular formula is C17H27ClN2. The number of hydrogen-bond donors (Lipinski definition) is 1. The number of rotatable bonds is 5. The van der Waals surface area contributed by atoms with E-state index in [1.807, 2.05) is 6.07 Å². The van der Waals surface area contributed by atoms with Crippen molar-refractivity contribution in [2.45, 2.75) is 57.5 Å². The van der Waals surface area contributed by atoms with Crippen molar-refractivity contribution >= 4 is 18.1 Å². The van der Waals surface area contributed by atoms with Crippen molar-refractivity contribution in [1.82, 2.24) is 4.90 Å². The number of nitrogens with two attached hydrogens (primary N) is 1. The summed E-state index contributed by atoms with van der Waals surface area (Å²) in [7, 11) is 0. The molecule has 3 rings (SSSR count). The molecule has 112 valence electrons. The molecule has 0 radical (unpaired) electrons. The summed E-state index contributed by atoms with van der Waals surface area (Å²) < 4.78 is 0. The molecule has 0 aliphatic heterocycles. The van der Waals surface area contributed by atoms with Crippen molar-refractivity contribution in [2.75, 3.05) is 12.3 Å². The fourth-order valence-corrected chi connectivity index (χ4v) is 3.35. The van der Waals surface area contributed by atoms with Gasteiger partial charge in [-0.2, -0.15) is 0 Å². The molecule has 1 aromatic rings. The molecule has 0 amide bonds. The van der Waals surface area contributed by atoms with Crippen LogP contribution in [0.4, 0.5) is 5.69 Å². The Labute approximate surface area is 129 Å². The molecule has 3 heteroatoms. The summed E-state index contributed by atoms with van der Waals surface area (Å²) in [5, 5.41) is 0. The first-order valence-electron chi connectivity index (χ1n) is 7.90. The molecule has 1 aromatic carbocycles. The molecule has 2 saturated carbocycles. The number of benzene rings is 1. The highest BCUT2D eigenvalue weighted by atomic mass is 35.5. The van der Waals surface area contributed by atoms with Crippen LogP contribution in [0.15, 0.2) is 24.3 Å². The van der Waals surface area contributed by atoms with Gasteiger partial charge in [0.25, 0.3) is 0 Å². The standard InChI is InChI=1S/C17H26N2.ClH/c18-16-6-4-5-15(11-16)13-19(12-14-9-10-14)17-7-2-1-3-8-17;/h4-6,11,14,17H,1-3,7-10,12-13,18H2;1H. The minimum Gasteiger partial charge on any atom is -0.399 e. The maximum atomic E-state index is 5.91. The third-order valence-corrected chi connectivity index (χ3v) is 4.62. The van der Waals surface area contributed by atoms with Gasteiger partial charge in [-0.1, -0.05) is 31.4 Å². The Balaban J connectivity index is 0.00000147. The molecule has 20 heavy (non-hydrogen) atoms. The summed E-state index contributed by atoms with van der Waals surface area (Å²) in [6, 6.07) is 9.24. The van der Waals surface area contributed by atoms with Crippen molar-refractivity contribution in [3.63, 3.8) is 0 Å². The highest BCUT2D eigenvalue weighted by molar-refractivity contribution is 5.85. The van der Waals surface area contributed by atoms with Crippen LogP contribution in [0.2, 0.25) is 0 Å². The van der Waals surface area contributed by atoms with E-state index in [9.17, 15) is 0 Å². The third-order valence-electron chi connectivity index (χ3n) is 4.62. The lowest BCUT2D eigenvalue weighted by atomic mass is 9.93. The highest BCUT2D eigenvalue weighted by Crippen LogP contribution is 2.33. The van der Waals surface area contributed by atoms with E-state index < -0.39 is 0 Å². The monoisotopic (exact) mass is 294 g/mol. The van der Waals surface area contributed by atoms with Gasteiger partial charge >= 0.3 is 0 Å². The second-order valence-electron chi connectivity index (χ2n) is 6.41. The molecule has 2 fully saturated rings. The molecule has 0 atom stereocenters. The van der Waals surface area contributed by atoms with Gasteiger partial charge in [0.05, 0.1) is 0 Å². The largest absolute Gasteiger partial charge is 0.399 e. The van der Waals surface area contributed by atoms with E-state index in [4.69, 9.17) is 5.73 Å². The van der Waals surface area contributed by atoms with Crippen LogP contribution in [-0.2, 0) is 6.54 Å². The Morgan fingerprint density at radius 1 is 1.05 bits per heavy atom. The van der Waals surface area contributed by atoms with Crippen LogP contribution in [0.25, 0.3) is 0 Å². The zero-order chi connectivity index (χ0) is 13.1. The van der Waals surface area contributed by atoms with Crippen molar-refractivity contribution in [2.24, 2.45) is 5.92 Å². The van der Waals surface area contributed by atoms with Crippen molar-refractivity contribution < 1.29 is 0 Å². The predicted molar refractivity (Wildman–Crippen MR) is 88.1 cm³/mol. The zero-order valence-corrected chi connectivity index (χ0v) is 13.1. The Bertz CT molecular complexity index is 411. The molecular weight excluding hydrogens is 268 g/mol. The first-order valence-corrected chi connectivity index (χ1v) is 7.90. The SMILES string of the molecule is Cl.Nc1cccc(CN(CC2CC2)C2CCCCC2)c1. The van der Waals surface area contributed by atoms with Gasteiger partial charge in [0.15, 0.2) is 0 Å². The van der Waals surface area contributed by atoms with Crippen molar-refractivity contribution in [3.05, 3.63) is 29.8 Å². The van der Waals surface area contributed by atoms with Crippen molar-refractivity contribution in [3.8, 4) is 0 Å². The predicted octanol–water partition coefficient (Wildman–Crippen LogP) is 4.24. The zero-order valence-electron chi connectivity index (χ0n) is 12.3. The molecule has 0 heterocycles. The number of halogens is 1. The second kappa shape index (κ2) is 7.33. The van der Waals surface area contributed by atoms with Gasteiger partial charge in [0.2, 0.25) is 0 Å². The summed E-state index contributed by atoms with van der Waals surface area (Å²) >= 11 is 0. The van der Waals surface area contributed by atoms with Crippen LogP contribution in [0.5, 0.6) is 0 Å². The van der Waals surface area contributed by atoms with Gasteiger partial charge in [-0.05, 0) is 49.3 Å². The molecule has 0 saturated heterocycles. The van der Waals surface area contributed by atoms with Crippen LogP contribution < -0.4 is 5.73 Å². The van der Waals surface area contributed by atoms with Crippen LogP contribution >= 0.6 is 12.4 Å². The van der Waals surface area contributed by atoms with E-state index in [0.29, 0.717) is 0 Å². The van der Waals surface area contributed by atoms with Crippen LogP contribution in [0.1, 0.15) is 50.5 Å². The molecule has 0 aromatic heterocycles. The van der Waals surface area contributed by atoms with Gasteiger partial charge in [0.1, 0.15) is 0 Å². The molecule has 2 aliphatic rings. The minimum atomic E-state index is 0. The number of hydrogen-bond acceptors (Lipinski definition) is 2. The van der Waals surface area contributed by atoms with E-state index in [-0.39, 0.29) is 12.4 Å². The summed E-state index contributed by atoms with van der Waals surface area (Å²) in [5.41, 5.74) is 8.18. The Kier molecular flexibility index (Phi) is 5.74. The lowest BCUT2D eigenvalue weighted by molar-refractivity contribution is 0.141. The lowest BCUT2D eigenvalue weighted by Gasteiger charge is -2.34. The number of nitrogens with zero attached hydrogens (tertiary/aromatic N) is 1. The van der Waals surface area contributed by atoms with Crippen LogP contribution in [0, 0.1) is 5.92 Å².